The molecule has 58 valence electrons. The molecular weight excluding hydrogens is 136 g/mol. The molecule has 1 aromatic heterocycles. The molecule has 0 unspecified atom stereocenters. The van der Waals surface area contributed by atoms with Gasteiger partial charge >= 0.3 is 0 Å². The molecule has 0 aromatic carbocycles. The van der Waals surface area contributed by atoms with E-state index in [1.54, 1.807) is 10.8 Å². The number of aromatic nitrogens is 2. The Kier molecular flexibility index (Phi) is 2.26. The minimum Gasteiger partial charge on any atom is -0.275 e. The van der Waals surface area contributed by atoms with Gasteiger partial charge in [-0.25, -0.2) is 0 Å². The molecule has 0 aliphatic heterocycles. The summed E-state index contributed by atoms with van der Waals surface area (Å²) in [5.74, 6) is 0. The number of hydrogen-bond donors (Lipinski definition) is 0. The van der Waals surface area contributed by atoms with Crippen molar-refractivity contribution in [2.45, 2.75) is 6.92 Å². The molecule has 0 bridgehead atoms. The van der Waals surface area contributed by atoms with Crippen LogP contribution in [0.4, 0.5) is 0 Å². The lowest BCUT2D eigenvalue weighted by atomic mass is 10.1. The van der Waals surface area contributed by atoms with Crippen LogP contribution in [0.3, 0.4) is 0 Å². The number of rotatable bonds is 2. The Morgan fingerprint density at radius 2 is 2.45 bits per heavy atom. The van der Waals surface area contributed by atoms with E-state index in [9.17, 15) is 0 Å². The molecule has 1 aromatic rings. The van der Waals surface area contributed by atoms with Gasteiger partial charge in [0.05, 0.1) is 6.20 Å². The third-order valence-corrected chi connectivity index (χ3v) is 1.53. The van der Waals surface area contributed by atoms with E-state index in [1.807, 2.05) is 32.4 Å². The molecule has 2 nitrogen and oxygen atoms in total. The molecular formula is C9H12N2. The van der Waals surface area contributed by atoms with Gasteiger partial charge in [-0.3, -0.25) is 4.68 Å². The average Bonchev–Trinajstić information content (AvgIpc) is 2.36. The zero-order chi connectivity index (χ0) is 8.27. The number of aryl methyl sites for hydroxylation is 1. The number of hydrogen-bond acceptors (Lipinski definition) is 1. The second kappa shape index (κ2) is 3.19. The van der Waals surface area contributed by atoms with Gasteiger partial charge in [-0.1, -0.05) is 18.7 Å². The van der Waals surface area contributed by atoms with Gasteiger partial charge in [0.2, 0.25) is 0 Å². The van der Waals surface area contributed by atoms with Crippen molar-refractivity contribution in [1.29, 1.82) is 0 Å². The van der Waals surface area contributed by atoms with Crippen molar-refractivity contribution >= 4 is 5.57 Å². The SMILES string of the molecule is C=CC=C(C)c1cnn(C)c1. The van der Waals surface area contributed by atoms with Crippen molar-refractivity contribution in [3.8, 4) is 0 Å². The Labute approximate surface area is 66.8 Å². The van der Waals surface area contributed by atoms with Crippen molar-refractivity contribution in [2.75, 3.05) is 0 Å². The van der Waals surface area contributed by atoms with Crippen LogP contribution in [0.5, 0.6) is 0 Å². The first-order valence-corrected chi connectivity index (χ1v) is 3.52. The van der Waals surface area contributed by atoms with Gasteiger partial charge in [-0.15, -0.1) is 0 Å². The Morgan fingerprint density at radius 1 is 1.73 bits per heavy atom. The van der Waals surface area contributed by atoms with Crippen LogP contribution in [0.15, 0.2) is 31.1 Å². The molecule has 0 spiro atoms. The monoisotopic (exact) mass is 148 g/mol. The third kappa shape index (κ3) is 1.80. The van der Waals surface area contributed by atoms with Crippen molar-refractivity contribution in [3.63, 3.8) is 0 Å². The molecule has 0 aliphatic carbocycles. The largest absolute Gasteiger partial charge is 0.275 e. The van der Waals surface area contributed by atoms with Crippen LogP contribution in [0.25, 0.3) is 5.57 Å². The predicted molar refractivity (Wildman–Crippen MR) is 47.1 cm³/mol. The Bertz CT molecular complexity index is 282. The van der Waals surface area contributed by atoms with Crippen LogP contribution in [0.2, 0.25) is 0 Å². The van der Waals surface area contributed by atoms with Crippen molar-refractivity contribution in [2.24, 2.45) is 7.05 Å². The molecule has 2 heteroatoms. The summed E-state index contributed by atoms with van der Waals surface area (Å²) in [5, 5.41) is 4.06. The summed E-state index contributed by atoms with van der Waals surface area (Å²) in [5.41, 5.74) is 2.33. The molecule has 1 rings (SSSR count). The molecule has 0 aliphatic rings. The highest BCUT2D eigenvalue weighted by Crippen LogP contribution is 2.11. The molecule has 0 radical (unpaired) electrons. The van der Waals surface area contributed by atoms with E-state index < -0.39 is 0 Å². The smallest absolute Gasteiger partial charge is 0.0564 e. The highest BCUT2D eigenvalue weighted by molar-refractivity contribution is 5.63. The van der Waals surface area contributed by atoms with Crippen LogP contribution in [0, 0.1) is 0 Å². The van der Waals surface area contributed by atoms with Crippen molar-refractivity contribution < 1.29 is 0 Å². The maximum atomic E-state index is 4.06. The zero-order valence-electron chi connectivity index (χ0n) is 6.91. The lowest BCUT2D eigenvalue weighted by Gasteiger charge is -1.91. The van der Waals surface area contributed by atoms with Crippen LogP contribution < -0.4 is 0 Å². The fourth-order valence-electron chi connectivity index (χ4n) is 0.898. The van der Waals surface area contributed by atoms with Gasteiger partial charge in [0.25, 0.3) is 0 Å². The molecule has 0 fully saturated rings. The van der Waals surface area contributed by atoms with Crippen LogP contribution in [-0.4, -0.2) is 9.78 Å². The number of nitrogens with zero attached hydrogens (tertiary/aromatic N) is 2. The molecule has 1 heterocycles. The van der Waals surface area contributed by atoms with E-state index in [-0.39, 0.29) is 0 Å². The highest BCUT2D eigenvalue weighted by Gasteiger charge is 1.95. The van der Waals surface area contributed by atoms with Gasteiger partial charge in [-0.2, -0.15) is 5.10 Å². The molecule has 0 N–H and O–H groups in total. The fourth-order valence-corrected chi connectivity index (χ4v) is 0.898. The van der Waals surface area contributed by atoms with Crippen LogP contribution >= 0.6 is 0 Å². The van der Waals surface area contributed by atoms with Gasteiger partial charge in [0, 0.05) is 18.8 Å². The molecule has 0 saturated heterocycles. The summed E-state index contributed by atoms with van der Waals surface area (Å²) in [6.07, 6.45) is 7.57. The Morgan fingerprint density at radius 3 is 2.91 bits per heavy atom. The minimum absolute atomic E-state index is 1.15. The highest BCUT2D eigenvalue weighted by atomic mass is 15.2. The third-order valence-electron chi connectivity index (χ3n) is 1.53. The zero-order valence-corrected chi connectivity index (χ0v) is 6.91. The van der Waals surface area contributed by atoms with Gasteiger partial charge in [0.15, 0.2) is 0 Å². The summed E-state index contributed by atoms with van der Waals surface area (Å²) in [4.78, 5) is 0. The molecule has 0 saturated carbocycles. The maximum absolute atomic E-state index is 4.06. The van der Waals surface area contributed by atoms with Gasteiger partial charge in [-0.05, 0) is 12.5 Å². The van der Waals surface area contributed by atoms with E-state index >= 15 is 0 Å². The molecule has 11 heavy (non-hydrogen) atoms. The lowest BCUT2D eigenvalue weighted by Crippen LogP contribution is -1.84. The van der Waals surface area contributed by atoms with Gasteiger partial charge in [0.1, 0.15) is 0 Å². The maximum Gasteiger partial charge on any atom is 0.0564 e. The first-order chi connectivity index (χ1) is 5.24. The van der Waals surface area contributed by atoms with Crippen LogP contribution in [-0.2, 0) is 7.05 Å². The quantitative estimate of drug-likeness (QED) is 0.586. The van der Waals surface area contributed by atoms with E-state index in [1.165, 1.54) is 5.57 Å². The second-order valence-corrected chi connectivity index (χ2v) is 2.49. The second-order valence-electron chi connectivity index (χ2n) is 2.49. The van der Waals surface area contributed by atoms with Gasteiger partial charge < -0.3 is 0 Å². The summed E-state index contributed by atoms with van der Waals surface area (Å²) in [7, 11) is 1.91. The van der Waals surface area contributed by atoms with Crippen molar-refractivity contribution in [3.05, 3.63) is 36.7 Å². The van der Waals surface area contributed by atoms with E-state index in [0.717, 1.165) is 5.56 Å². The van der Waals surface area contributed by atoms with E-state index in [2.05, 4.69) is 11.7 Å². The first-order valence-electron chi connectivity index (χ1n) is 3.52. The van der Waals surface area contributed by atoms with E-state index in [0.29, 0.717) is 0 Å². The molecule has 0 amide bonds. The first kappa shape index (κ1) is 7.79. The summed E-state index contributed by atoms with van der Waals surface area (Å²) in [6, 6.07) is 0. The Hall–Kier alpha value is -1.31. The summed E-state index contributed by atoms with van der Waals surface area (Å²) in [6.45, 7) is 5.67. The summed E-state index contributed by atoms with van der Waals surface area (Å²) >= 11 is 0. The lowest BCUT2D eigenvalue weighted by molar-refractivity contribution is 0.767. The molecule has 0 atom stereocenters. The topological polar surface area (TPSA) is 17.8 Å². The normalized spacial score (nSPS) is 11.6. The predicted octanol–water partition coefficient (Wildman–Crippen LogP) is 2.01. The Balaban J connectivity index is 2.93. The fraction of sp³-hybridized carbons (Fsp3) is 0.222. The minimum atomic E-state index is 1.15. The number of allylic oxidation sites excluding steroid dienone is 3. The standard InChI is InChI=1S/C9H12N2/c1-4-5-8(2)9-6-10-11(3)7-9/h4-7H,1H2,2-3H3. The average molecular weight is 148 g/mol. The van der Waals surface area contributed by atoms with Crippen LogP contribution in [0.1, 0.15) is 12.5 Å². The van der Waals surface area contributed by atoms with E-state index in [4.69, 9.17) is 0 Å². The summed E-state index contributed by atoms with van der Waals surface area (Å²) < 4.78 is 1.79. The van der Waals surface area contributed by atoms with Crippen molar-refractivity contribution in [1.82, 2.24) is 9.78 Å².